The van der Waals surface area contributed by atoms with Crippen LogP contribution in [0.5, 0.6) is 5.75 Å². The maximum atomic E-state index is 14.6. The highest BCUT2D eigenvalue weighted by molar-refractivity contribution is 7.89. The molecule has 0 saturated carbocycles. The summed E-state index contributed by atoms with van der Waals surface area (Å²) in [5, 5.41) is 21.4. The Bertz CT molecular complexity index is 1450. The maximum Gasteiger partial charge on any atom is 0.399 e. The first kappa shape index (κ1) is 26.9. The molecule has 4 rings (SSSR count). The second-order valence-electron chi connectivity index (χ2n) is 7.93. The minimum absolute atomic E-state index is 0.0634. The van der Waals surface area contributed by atoms with Gasteiger partial charge in [-0.05, 0) is 35.9 Å². The number of nitrogens with one attached hydrogen (secondary N) is 3. The SMILES string of the molecule is O=S(=O)(NOC(F)(F)c1cccc([C@@H](O)CNCCOc2ccc3c(Cl)[nH]nc3c2)c1)c1ccccc1. The molecule has 0 radical (unpaired) electrons. The summed E-state index contributed by atoms with van der Waals surface area (Å²) in [4.78, 5) is 5.48. The van der Waals surface area contributed by atoms with Crippen LogP contribution >= 0.6 is 11.6 Å². The monoisotopic (exact) mass is 552 g/mol. The van der Waals surface area contributed by atoms with Crippen LogP contribution in [0.4, 0.5) is 8.78 Å². The zero-order valence-corrected chi connectivity index (χ0v) is 20.8. The molecular weight excluding hydrogens is 530 g/mol. The number of aromatic nitrogens is 2. The fourth-order valence-electron chi connectivity index (χ4n) is 3.39. The van der Waals surface area contributed by atoms with Crippen molar-refractivity contribution in [1.29, 1.82) is 0 Å². The van der Waals surface area contributed by atoms with Gasteiger partial charge >= 0.3 is 6.11 Å². The Labute approximate surface area is 216 Å². The quantitative estimate of drug-likeness (QED) is 0.155. The molecule has 0 saturated heterocycles. The second-order valence-corrected chi connectivity index (χ2v) is 9.95. The summed E-state index contributed by atoms with van der Waals surface area (Å²) in [6.45, 7) is 0.717. The third-order valence-electron chi connectivity index (χ3n) is 5.31. The average molecular weight is 553 g/mol. The average Bonchev–Trinajstić information content (AvgIpc) is 3.27. The van der Waals surface area contributed by atoms with Crippen molar-refractivity contribution in [3.63, 3.8) is 0 Å². The van der Waals surface area contributed by atoms with E-state index in [0.29, 0.717) is 23.0 Å². The number of hydrogen-bond donors (Lipinski definition) is 4. The summed E-state index contributed by atoms with van der Waals surface area (Å²) in [5.74, 6) is 0.593. The van der Waals surface area contributed by atoms with Crippen molar-refractivity contribution in [2.45, 2.75) is 17.1 Å². The molecule has 0 fully saturated rings. The number of benzene rings is 3. The van der Waals surface area contributed by atoms with Gasteiger partial charge < -0.3 is 15.2 Å². The molecule has 0 spiro atoms. The lowest BCUT2D eigenvalue weighted by molar-refractivity contribution is -0.266. The lowest BCUT2D eigenvalue weighted by Gasteiger charge is -2.19. The Balaban J connectivity index is 1.27. The smallest absolute Gasteiger partial charge is 0.399 e. The van der Waals surface area contributed by atoms with Gasteiger partial charge in [0, 0.05) is 24.5 Å². The summed E-state index contributed by atoms with van der Waals surface area (Å²) >= 11 is 5.97. The van der Waals surface area contributed by atoms with Gasteiger partial charge in [0.25, 0.3) is 10.0 Å². The Morgan fingerprint density at radius 2 is 1.86 bits per heavy atom. The van der Waals surface area contributed by atoms with Crippen molar-refractivity contribution < 1.29 is 31.9 Å². The summed E-state index contributed by atoms with van der Waals surface area (Å²) in [7, 11) is -4.31. The molecule has 13 heteroatoms. The van der Waals surface area contributed by atoms with Crippen LogP contribution in [0.25, 0.3) is 10.9 Å². The minimum Gasteiger partial charge on any atom is -0.492 e. The topological polar surface area (TPSA) is 126 Å². The number of hydrogen-bond acceptors (Lipinski definition) is 7. The first-order chi connectivity index (χ1) is 17.7. The first-order valence-corrected chi connectivity index (χ1v) is 12.9. The van der Waals surface area contributed by atoms with Crippen LogP contribution < -0.4 is 14.9 Å². The number of nitrogens with zero attached hydrogens (tertiary/aromatic N) is 1. The molecule has 3 aromatic carbocycles. The number of aliphatic hydroxyl groups excluding tert-OH is 1. The summed E-state index contributed by atoms with van der Waals surface area (Å²) < 4.78 is 59.1. The molecule has 37 heavy (non-hydrogen) atoms. The predicted octanol–water partition coefficient (Wildman–Crippen LogP) is 3.88. The fourth-order valence-corrected chi connectivity index (χ4v) is 4.42. The van der Waals surface area contributed by atoms with Crippen LogP contribution in [0, 0.1) is 0 Å². The molecule has 1 heterocycles. The molecule has 0 aliphatic heterocycles. The highest BCUT2D eigenvalue weighted by Crippen LogP contribution is 2.31. The van der Waals surface area contributed by atoms with E-state index >= 15 is 0 Å². The molecule has 196 valence electrons. The van der Waals surface area contributed by atoms with Gasteiger partial charge in [0.15, 0.2) is 0 Å². The van der Waals surface area contributed by atoms with Crippen molar-refractivity contribution in [2.24, 2.45) is 0 Å². The van der Waals surface area contributed by atoms with Gasteiger partial charge in [0.1, 0.15) is 17.5 Å². The van der Waals surface area contributed by atoms with Crippen molar-refractivity contribution in [2.75, 3.05) is 19.7 Å². The van der Waals surface area contributed by atoms with Gasteiger partial charge in [-0.2, -0.15) is 13.9 Å². The maximum absolute atomic E-state index is 14.6. The van der Waals surface area contributed by atoms with E-state index in [-0.39, 0.29) is 23.6 Å². The number of ether oxygens (including phenoxy) is 1. The standard InChI is InChI=1S/C24H23ClF2N4O5S/c25-23-20-10-9-18(14-21(20)29-30-23)35-12-11-28-15-22(32)16-5-4-6-17(13-16)24(26,27)36-31-37(33,34)19-7-2-1-3-8-19/h1-10,13-14,22,28,31-32H,11-12,15H2,(H,29,30)/t22-/m0/s1. The summed E-state index contributed by atoms with van der Waals surface area (Å²) in [6.07, 6.45) is -5.10. The number of rotatable bonds is 12. The van der Waals surface area contributed by atoms with Gasteiger partial charge in [-0.3, -0.25) is 5.10 Å². The number of halogens is 3. The van der Waals surface area contributed by atoms with Crippen LogP contribution in [-0.2, 0) is 21.0 Å². The molecule has 1 atom stereocenters. The molecule has 4 N–H and O–H groups in total. The van der Waals surface area contributed by atoms with E-state index in [0.717, 1.165) is 17.5 Å². The third kappa shape index (κ3) is 6.80. The fraction of sp³-hybridized carbons (Fsp3) is 0.208. The van der Waals surface area contributed by atoms with Gasteiger partial charge in [0.05, 0.1) is 22.1 Å². The Morgan fingerprint density at radius 1 is 1.08 bits per heavy atom. The van der Waals surface area contributed by atoms with E-state index in [9.17, 15) is 22.3 Å². The zero-order chi connectivity index (χ0) is 26.5. The molecule has 0 bridgehead atoms. The van der Waals surface area contributed by atoms with E-state index in [1.54, 1.807) is 24.3 Å². The third-order valence-corrected chi connectivity index (χ3v) is 6.79. The minimum atomic E-state index is -4.31. The van der Waals surface area contributed by atoms with E-state index in [4.69, 9.17) is 16.3 Å². The molecule has 4 aromatic rings. The Morgan fingerprint density at radius 3 is 2.65 bits per heavy atom. The first-order valence-electron chi connectivity index (χ1n) is 11.0. The number of aromatic amines is 1. The number of H-pyrrole nitrogens is 1. The van der Waals surface area contributed by atoms with Crippen molar-refractivity contribution in [3.05, 3.63) is 89.1 Å². The zero-order valence-electron chi connectivity index (χ0n) is 19.2. The molecule has 0 unspecified atom stereocenters. The molecular formula is C24H23ClF2N4O5S. The van der Waals surface area contributed by atoms with Crippen LogP contribution in [0.2, 0.25) is 5.15 Å². The number of aliphatic hydroxyl groups is 1. The molecule has 1 aromatic heterocycles. The Hall–Kier alpha value is -3.13. The van der Waals surface area contributed by atoms with E-state index < -0.39 is 27.8 Å². The van der Waals surface area contributed by atoms with E-state index in [2.05, 4.69) is 20.4 Å². The van der Waals surface area contributed by atoms with Gasteiger partial charge in [-0.25, -0.2) is 13.3 Å². The molecule has 0 amide bonds. The highest BCUT2D eigenvalue weighted by atomic mass is 35.5. The lowest BCUT2D eigenvalue weighted by atomic mass is 10.1. The molecule has 0 aliphatic carbocycles. The van der Waals surface area contributed by atoms with Crippen molar-refractivity contribution >= 4 is 32.5 Å². The van der Waals surface area contributed by atoms with Gasteiger partial charge in [-0.1, -0.05) is 52.9 Å². The molecule has 0 aliphatic rings. The van der Waals surface area contributed by atoms with Crippen LogP contribution in [0.3, 0.4) is 0 Å². The van der Waals surface area contributed by atoms with E-state index in [1.807, 2.05) is 0 Å². The molecule has 9 nitrogen and oxygen atoms in total. The van der Waals surface area contributed by atoms with Gasteiger partial charge in [-0.15, -0.1) is 0 Å². The number of alkyl halides is 2. The van der Waals surface area contributed by atoms with Crippen LogP contribution in [0.15, 0.2) is 77.7 Å². The largest absolute Gasteiger partial charge is 0.492 e. The van der Waals surface area contributed by atoms with Crippen LogP contribution in [0.1, 0.15) is 17.2 Å². The summed E-state index contributed by atoms with van der Waals surface area (Å²) in [5.41, 5.74) is 0.234. The van der Waals surface area contributed by atoms with E-state index in [1.165, 1.54) is 41.3 Å². The lowest BCUT2D eigenvalue weighted by Crippen LogP contribution is -2.32. The summed E-state index contributed by atoms with van der Waals surface area (Å²) in [6, 6.07) is 17.2. The normalized spacial score (nSPS) is 13.1. The predicted molar refractivity (Wildman–Crippen MR) is 133 cm³/mol. The Kier molecular flexibility index (Phi) is 8.37. The van der Waals surface area contributed by atoms with Crippen LogP contribution in [-0.4, -0.2) is 43.4 Å². The number of sulfonamides is 1. The van der Waals surface area contributed by atoms with Crippen molar-refractivity contribution in [1.82, 2.24) is 20.4 Å². The number of fused-ring (bicyclic) bond motifs is 1. The van der Waals surface area contributed by atoms with Crippen molar-refractivity contribution in [3.8, 4) is 5.75 Å². The van der Waals surface area contributed by atoms with Gasteiger partial charge in [0.2, 0.25) is 0 Å². The highest BCUT2D eigenvalue weighted by Gasteiger charge is 2.36. The second kappa shape index (κ2) is 11.5.